The summed E-state index contributed by atoms with van der Waals surface area (Å²) >= 11 is 0. The fourth-order valence-electron chi connectivity index (χ4n) is 3.42. The number of rotatable bonds is 8. The van der Waals surface area contributed by atoms with Crippen LogP contribution in [-0.2, 0) is 14.2 Å². The van der Waals surface area contributed by atoms with Gasteiger partial charge in [-0.3, -0.25) is 9.36 Å². The number of carbonyl (C=O) groups excluding carboxylic acids is 1. The third kappa shape index (κ3) is 4.93. The Kier molecular flexibility index (Phi) is 7.33. The van der Waals surface area contributed by atoms with E-state index in [4.69, 9.17) is 14.2 Å². The fourth-order valence-corrected chi connectivity index (χ4v) is 3.42. The number of aliphatic hydroxyl groups is 1. The Bertz CT molecular complexity index is 903. The lowest BCUT2D eigenvalue weighted by atomic mass is 10.1. The normalized spacial score (nSPS) is 24.5. The number of carbonyl (C=O) groups is 1. The highest BCUT2D eigenvalue weighted by molar-refractivity contribution is 6.03. The summed E-state index contributed by atoms with van der Waals surface area (Å²) in [6.45, 7) is 4.04. The molecule has 162 valence electrons. The summed E-state index contributed by atoms with van der Waals surface area (Å²) in [7, 11) is 1.56. The van der Waals surface area contributed by atoms with E-state index in [1.165, 1.54) is 16.8 Å². The van der Waals surface area contributed by atoms with Gasteiger partial charge in [-0.15, -0.1) is 0 Å². The van der Waals surface area contributed by atoms with Gasteiger partial charge in [0, 0.05) is 18.9 Å². The van der Waals surface area contributed by atoms with E-state index in [1.807, 2.05) is 19.9 Å². The number of nitrogens with zero attached hydrogens (tertiary/aromatic N) is 2. The average molecular weight is 417 g/mol. The molecule has 0 saturated carbocycles. The molecule has 3 rings (SSSR count). The van der Waals surface area contributed by atoms with E-state index in [1.54, 1.807) is 31.4 Å². The molecule has 1 aliphatic heterocycles. The maximum absolute atomic E-state index is 12.7. The molecule has 2 heterocycles. The first-order valence-corrected chi connectivity index (χ1v) is 9.88. The van der Waals surface area contributed by atoms with E-state index >= 15 is 0 Å². The van der Waals surface area contributed by atoms with Crippen molar-refractivity contribution in [2.24, 2.45) is 0 Å². The fraction of sp³-hybridized carbons (Fsp3) is 0.476. The first-order chi connectivity index (χ1) is 14.4. The summed E-state index contributed by atoms with van der Waals surface area (Å²) in [6.07, 6.45) is -1.24. The van der Waals surface area contributed by atoms with Crippen LogP contribution in [0.5, 0.6) is 0 Å². The average Bonchev–Trinajstić information content (AvgIpc) is 3.04. The van der Waals surface area contributed by atoms with Crippen molar-refractivity contribution in [3.05, 3.63) is 58.6 Å². The van der Waals surface area contributed by atoms with Crippen LogP contribution in [-0.4, -0.2) is 58.7 Å². The number of anilines is 1. The number of methoxy groups -OCH3 is 1. The highest BCUT2D eigenvalue weighted by Crippen LogP contribution is 2.33. The van der Waals surface area contributed by atoms with Gasteiger partial charge in [-0.05, 0) is 31.5 Å². The molecule has 9 nitrogen and oxygen atoms in total. The van der Waals surface area contributed by atoms with Crippen LogP contribution in [0.15, 0.2) is 47.4 Å². The van der Waals surface area contributed by atoms with E-state index in [9.17, 15) is 14.7 Å². The molecule has 30 heavy (non-hydrogen) atoms. The van der Waals surface area contributed by atoms with Crippen LogP contribution in [0, 0.1) is 0 Å². The number of benzene rings is 1. The summed E-state index contributed by atoms with van der Waals surface area (Å²) in [5, 5.41) is 13.2. The molecule has 1 aliphatic rings. The van der Waals surface area contributed by atoms with Gasteiger partial charge in [0.1, 0.15) is 18.0 Å². The van der Waals surface area contributed by atoms with Crippen LogP contribution in [0.2, 0.25) is 0 Å². The zero-order valence-corrected chi connectivity index (χ0v) is 17.2. The predicted octanol–water partition coefficient (Wildman–Crippen LogP) is 1.58. The molecule has 2 N–H and O–H groups in total. The first-order valence-electron chi connectivity index (χ1n) is 9.88. The summed E-state index contributed by atoms with van der Waals surface area (Å²) in [6, 6.07) is 10.1. The molecule has 9 heteroatoms. The minimum absolute atomic E-state index is 0.126. The van der Waals surface area contributed by atoms with Crippen LogP contribution in [0.3, 0.4) is 0 Å². The lowest BCUT2D eigenvalue weighted by molar-refractivity contribution is -0.111. The van der Waals surface area contributed by atoms with Crippen molar-refractivity contribution >= 4 is 11.7 Å². The number of nitrogens with one attached hydrogen (secondary N) is 1. The van der Waals surface area contributed by atoms with Crippen molar-refractivity contribution in [3.8, 4) is 0 Å². The van der Waals surface area contributed by atoms with Gasteiger partial charge >= 0.3 is 5.69 Å². The molecule has 2 unspecified atom stereocenters. The Morgan fingerprint density at radius 2 is 2.07 bits per heavy atom. The minimum atomic E-state index is -0.899. The van der Waals surface area contributed by atoms with Crippen LogP contribution >= 0.6 is 0 Å². The molecule has 1 saturated heterocycles. The Hall–Kier alpha value is -2.59. The first kappa shape index (κ1) is 22.1. The Labute approximate surface area is 174 Å². The van der Waals surface area contributed by atoms with Gasteiger partial charge in [-0.1, -0.05) is 25.1 Å². The van der Waals surface area contributed by atoms with E-state index in [-0.39, 0.29) is 17.8 Å². The van der Waals surface area contributed by atoms with Crippen molar-refractivity contribution in [1.29, 1.82) is 0 Å². The van der Waals surface area contributed by atoms with E-state index in [2.05, 4.69) is 10.3 Å². The maximum Gasteiger partial charge on any atom is 0.351 e. The highest BCUT2D eigenvalue weighted by atomic mass is 16.6. The topological polar surface area (TPSA) is 112 Å². The van der Waals surface area contributed by atoms with Gasteiger partial charge in [-0.2, -0.15) is 4.98 Å². The Morgan fingerprint density at radius 1 is 1.33 bits per heavy atom. The van der Waals surface area contributed by atoms with Crippen molar-refractivity contribution in [3.63, 3.8) is 0 Å². The molecular weight excluding hydrogens is 390 g/mol. The number of aliphatic hydroxyl groups excluding tert-OH is 1. The third-order valence-corrected chi connectivity index (χ3v) is 4.89. The van der Waals surface area contributed by atoms with Gasteiger partial charge in [0.15, 0.2) is 6.23 Å². The number of amides is 1. The van der Waals surface area contributed by atoms with Crippen LogP contribution in [0.25, 0.3) is 0 Å². The number of aromatic nitrogens is 2. The van der Waals surface area contributed by atoms with Crippen molar-refractivity contribution in [1.82, 2.24) is 9.55 Å². The Balaban J connectivity index is 1.79. The molecule has 1 aromatic carbocycles. The highest BCUT2D eigenvalue weighted by Gasteiger charge is 2.45. The lowest BCUT2D eigenvalue weighted by Gasteiger charge is -2.25. The monoisotopic (exact) mass is 417 g/mol. The number of ether oxygens (including phenoxy) is 3. The maximum atomic E-state index is 12.7. The predicted molar refractivity (Wildman–Crippen MR) is 109 cm³/mol. The van der Waals surface area contributed by atoms with Crippen molar-refractivity contribution in [2.45, 2.75) is 50.9 Å². The number of hydrogen-bond donors (Lipinski definition) is 2. The minimum Gasteiger partial charge on any atom is -0.388 e. The molecule has 2 aromatic rings. The molecule has 1 amide bonds. The lowest BCUT2D eigenvalue weighted by Crippen LogP contribution is -2.40. The molecular formula is C21H27N3O6. The summed E-state index contributed by atoms with van der Waals surface area (Å²) in [5.41, 5.74) is -0.167. The van der Waals surface area contributed by atoms with Crippen molar-refractivity contribution in [2.75, 3.05) is 19.0 Å². The van der Waals surface area contributed by atoms with Crippen LogP contribution in [0.1, 0.15) is 36.9 Å². The zero-order valence-electron chi connectivity index (χ0n) is 17.2. The Morgan fingerprint density at radius 3 is 2.70 bits per heavy atom. The molecule has 0 spiro atoms. The van der Waals surface area contributed by atoms with Gasteiger partial charge < -0.3 is 24.6 Å². The van der Waals surface area contributed by atoms with Gasteiger partial charge in [0.25, 0.3) is 5.91 Å². The van der Waals surface area contributed by atoms with Crippen LogP contribution < -0.4 is 11.0 Å². The second kappa shape index (κ2) is 9.94. The van der Waals surface area contributed by atoms with Gasteiger partial charge in [-0.25, -0.2) is 4.79 Å². The number of hydrogen-bond acceptors (Lipinski definition) is 7. The molecule has 0 radical (unpaired) electrons. The zero-order chi connectivity index (χ0) is 21.7. The summed E-state index contributed by atoms with van der Waals surface area (Å²) in [4.78, 5) is 28.9. The summed E-state index contributed by atoms with van der Waals surface area (Å²) in [5.74, 6) is -0.241. The van der Waals surface area contributed by atoms with E-state index in [0.29, 0.717) is 18.6 Å². The van der Waals surface area contributed by atoms with E-state index in [0.717, 1.165) is 0 Å². The second-order valence-electron chi connectivity index (χ2n) is 7.15. The molecule has 5 atom stereocenters. The molecule has 0 bridgehead atoms. The largest absolute Gasteiger partial charge is 0.388 e. The van der Waals surface area contributed by atoms with Crippen LogP contribution in [0.4, 0.5) is 5.82 Å². The molecule has 1 aromatic heterocycles. The third-order valence-electron chi connectivity index (χ3n) is 4.89. The van der Waals surface area contributed by atoms with Gasteiger partial charge in [0.2, 0.25) is 0 Å². The smallest absolute Gasteiger partial charge is 0.351 e. The van der Waals surface area contributed by atoms with Gasteiger partial charge in [0.05, 0.1) is 18.8 Å². The molecule has 1 fully saturated rings. The summed E-state index contributed by atoms with van der Waals surface area (Å²) < 4.78 is 18.2. The quantitative estimate of drug-likeness (QED) is 0.671. The second-order valence-corrected chi connectivity index (χ2v) is 7.15. The SMILES string of the molecule is CC[C@H]1O[C@@H](n2ccc(NC(=O)c3ccccc3)nc2=O)C(OC(C)COC)[C@H]1O. The van der Waals surface area contributed by atoms with E-state index < -0.39 is 30.2 Å². The van der Waals surface area contributed by atoms with Crippen molar-refractivity contribution < 1.29 is 24.1 Å². The standard InChI is InChI=1S/C21H27N3O6/c1-4-15-17(25)18(29-13(2)12-28-3)20(30-15)24-11-10-16(23-21(24)27)22-19(26)14-8-6-5-7-9-14/h5-11,13,15,17-18,20,25H,4,12H2,1-3H3,(H,22,23,26,27)/t13?,15-,17+,18?,20-/m1/s1. The molecule has 0 aliphatic carbocycles.